The number of carbonyl (C=O) groups is 7. The Hall–Kier alpha value is -5.58. The Balaban J connectivity index is 2.26. The average molecular weight is 819 g/mol. The molecule has 1 heterocycles. The van der Waals surface area contributed by atoms with Crippen molar-refractivity contribution in [3.63, 3.8) is 0 Å². The van der Waals surface area contributed by atoms with Crippen LogP contribution in [0.15, 0.2) is 18.2 Å². The van der Waals surface area contributed by atoms with E-state index in [0.29, 0.717) is 5.75 Å². The first-order valence-corrected chi connectivity index (χ1v) is 17.5. The molecule has 1 fully saturated rings. The van der Waals surface area contributed by atoms with Crippen LogP contribution in [0.4, 0.5) is 20.1 Å². The number of hydrogen-bond acceptors (Lipinski definition) is 19. The van der Waals surface area contributed by atoms with Crippen LogP contribution in [0.25, 0.3) is 0 Å². The van der Waals surface area contributed by atoms with Gasteiger partial charge in [-0.3, -0.25) is 29.3 Å². The summed E-state index contributed by atoms with van der Waals surface area (Å²) in [6.45, 7) is 7.66. The fraction of sp³-hybridized carbons (Fsp3) is 0.606. The number of benzene rings is 1. The van der Waals surface area contributed by atoms with Crippen LogP contribution in [-0.4, -0.2) is 121 Å². The highest BCUT2D eigenvalue weighted by Crippen LogP contribution is 2.35. The second kappa shape index (κ2) is 22.1. The van der Waals surface area contributed by atoms with E-state index in [1.807, 2.05) is 0 Å². The zero-order valence-electron chi connectivity index (χ0n) is 31.7. The van der Waals surface area contributed by atoms with E-state index >= 15 is 0 Å². The first-order chi connectivity index (χ1) is 26.2. The lowest BCUT2D eigenvalue weighted by molar-refractivity contribution is -0.387. The highest BCUT2D eigenvalue weighted by atomic mass is 32.1. The smallest absolute Gasteiger partial charge is 0.407 e. The third-order valence-corrected chi connectivity index (χ3v) is 7.01. The van der Waals surface area contributed by atoms with E-state index in [9.17, 15) is 43.7 Å². The van der Waals surface area contributed by atoms with Gasteiger partial charge in [-0.1, -0.05) is 6.07 Å². The number of nitrogens with zero attached hydrogens (tertiary/aromatic N) is 1. The van der Waals surface area contributed by atoms with Crippen LogP contribution < -0.4 is 20.7 Å². The molecule has 23 heteroatoms. The first kappa shape index (κ1) is 46.6. The lowest BCUT2D eigenvalue weighted by Gasteiger charge is -2.43. The van der Waals surface area contributed by atoms with Crippen molar-refractivity contribution in [3.05, 3.63) is 33.9 Å². The highest BCUT2D eigenvalue weighted by Gasteiger charge is 2.53. The average Bonchev–Trinajstić information content (AvgIpc) is 3.08. The number of esters is 4. The molecular formula is C33H46N4O18S. The zero-order valence-corrected chi connectivity index (χ0v) is 32.6. The highest BCUT2D eigenvalue weighted by molar-refractivity contribution is 7.80. The lowest BCUT2D eigenvalue weighted by Crippen LogP contribution is -2.63. The number of nitrogens with one attached hydrogen (secondary N) is 3. The Morgan fingerprint density at radius 2 is 1.41 bits per heavy atom. The Labute approximate surface area is 326 Å². The molecule has 1 aliphatic heterocycles. The quantitative estimate of drug-likeness (QED) is 0.0573. The molecule has 1 saturated heterocycles. The maximum absolute atomic E-state index is 12.6. The largest absolute Gasteiger partial charge is 0.463 e. The van der Waals surface area contributed by atoms with E-state index in [1.54, 1.807) is 20.8 Å². The summed E-state index contributed by atoms with van der Waals surface area (Å²) in [6, 6.07) is 3.43. The normalized spacial score (nSPS) is 19.5. The molecule has 22 nitrogen and oxygen atoms in total. The minimum atomic E-state index is -1.76. The van der Waals surface area contributed by atoms with Crippen molar-refractivity contribution < 1.29 is 81.1 Å². The Kier molecular flexibility index (Phi) is 18.4. The molecule has 312 valence electrons. The molecule has 0 bridgehead atoms. The lowest BCUT2D eigenvalue weighted by atomic mass is 9.98. The number of nitro benzene ring substituents is 1. The van der Waals surface area contributed by atoms with Gasteiger partial charge in [0.1, 0.15) is 31.0 Å². The summed E-state index contributed by atoms with van der Waals surface area (Å²) in [4.78, 5) is 96.0. The Morgan fingerprint density at radius 3 is 1.96 bits per heavy atom. The number of thiol groups is 1. The third kappa shape index (κ3) is 16.8. The topological polar surface area (TPSA) is 282 Å². The summed E-state index contributed by atoms with van der Waals surface area (Å²) in [5, 5.41) is 19.4. The molecule has 0 radical (unpaired) electrons. The molecule has 56 heavy (non-hydrogen) atoms. The molecule has 1 aromatic rings. The number of nitro groups is 1. The van der Waals surface area contributed by atoms with Crippen LogP contribution in [0.5, 0.6) is 5.75 Å². The number of hydrogen-bond donors (Lipinski definition) is 4. The fourth-order valence-electron chi connectivity index (χ4n) is 4.72. The Morgan fingerprint density at radius 1 is 0.821 bits per heavy atom. The van der Waals surface area contributed by atoms with Gasteiger partial charge >= 0.3 is 47.8 Å². The van der Waals surface area contributed by atoms with Gasteiger partial charge in [0.25, 0.3) is 0 Å². The summed E-state index contributed by atoms with van der Waals surface area (Å²) in [5.41, 5.74) is -1.37. The third-order valence-electron chi connectivity index (χ3n) is 6.78. The van der Waals surface area contributed by atoms with Gasteiger partial charge in [0.15, 0.2) is 18.0 Å². The molecule has 1 aromatic carbocycles. The molecule has 1 aliphatic rings. The number of ether oxygens (including phenoxy) is 9. The van der Waals surface area contributed by atoms with E-state index in [-0.39, 0.29) is 25.2 Å². The molecule has 0 spiro atoms. The van der Waals surface area contributed by atoms with Crippen molar-refractivity contribution in [1.29, 1.82) is 0 Å². The second-order valence-corrected chi connectivity index (χ2v) is 13.2. The van der Waals surface area contributed by atoms with Crippen LogP contribution in [-0.2, 0) is 63.7 Å². The maximum Gasteiger partial charge on any atom is 0.407 e. The number of amides is 3. The summed E-state index contributed by atoms with van der Waals surface area (Å²) in [5.74, 6) is -3.55. The molecule has 0 saturated carbocycles. The van der Waals surface area contributed by atoms with Gasteiger partial charge in [-0.05, 0) is 32.4 Å². The molecule has 3 N–H and O–H groups in total. The van der Waals surface area contributed by atoms with Gasteiger partial charge in [0.2, 0.25) is 12.4 Å². The fourth-order valence-corrected chi connectivity index (χ4v) is 4.83. The van der Waals surface area contributed by atoms with Crippen molar-refractivity contribution in [2.45, 2.75) is 97.5 Å². The molecule has 6 atom stereocenters. The van der Waals surface area contributed by atoms with Crippen molar-refractivity contribution in [1.82, 2.24) is 16.0 Å². The van der Waals surface area contributed by atoms with Crippen molar-refractivity contribution in [2.24, 2.45) is 0 Å². The Bertz CT molecular complexity index is 1590. The van der Waals surface area contributed by atoms with Gasteiger partial charge in [-0.15, -0.1) is 0 Å². The van der Waals surface area contributed by atoms with Crippen LogP contribution in [0.1, 0.15) is 54.0 Å². The van der Waals surface area contributed by atoms with E-state index in [0.717, 1.165) is 39.8 Å². The summed E-state index contributed by atoms with van der Waals surface area (Å²) < 4.78 is 48.2. The standard InChI is InChI=1S/C33H46N4O18S/c1-17(38)47-16-25-26(49-18(2)39)27(50-19(3)40)28(51-20(4)41)29(54-25)53-24-9-8-21(12-23(24)37(45)46)15-48-30(42)35-13-22(52-31(43)34-10-11-56)14-36-32(44)55-33(5,6)7/h8-9,12,22,25-29,56H,10-11,13-16H2,1-7H3,(H,34,43)(H,35,42)(H,36,44)/t22?,25?,26-,27?,28?,29+/m0/s1. The monoisotopic (exact) mass is 818 g/mol. The minimum absolute atomic E-state index is 0.103. The van der Waals surface area contributed by atoms with Gasteiger partial charge < -0.3 is 58.6 Å². The number of carbonyl (C=O) groups excluding carboxylic acids is 7. The van der Waals surface area contributed by atoms with Gasteiger partial charge in [0, 0.05) is 46.1 Å². The predicted octanol–water partition coefficient (Wildman–Crippen LogP) is 1.83. The van der Waals surface area contributed by atoms with Crippen LogP contribution in [0, 0.1) is 10.1 Å². The summed E-state index contributed by atoms with van der Waals surface area (Å²) >= 11 is 4.00. The van der Waals surface area contributed by atoms with Crippen LogP contribution >= 0.6 is 12.6 Å². The van der Waals surface area contributed by atoms with E-state index in [4.69, 9.17) is 42.6 Å². The zero-order chi connectivity index (χ0) is 42.2. The maximum atomic E-state index is 12.6. The van der Waals surface area contributed by atoms with Gasteiger partial charge in [-0.2, -0.15) is 12.6 Å². The molecular weight excluding hydrogens is 772 g/mol. The summed E-state index contributed by atoms with van der Waals surface area (Å²) in [7, 11) is 0. The van der Waals surface area contributed by atoms with E-state index in [1.165, 1.54) is 6.07 Å². The number of rotatable bonds is 17. The van der Waals surface area contributed by atoms with Crippen LogP contribution in [0.3, 0.4) is 0 Å². The molecule has 0 aliphatic carbocycles. The van der Waals surface area contributed by atoms with Gasteiger partial charge in [0.05, 0.1) is 18.0 Å². The molecule has 3 amide bonds. The van der Waals surface area contributed by atoms with Crippen molar-refractivity contribution in [3.8, 4) is 5.75 Å². The van der Waals surface area contributed by atoms with E-state index < -0.39 is 114 Å². The molecule has 2 rings (SSSR count). The second-order valence-electron chi connectivity index (χ2n) is 12.8. The van der Waals surface area contributed by atoms with Gasteiger partial charge in [-0.25, -0.2) is 14.4 Å². The van der Waals surface area contributed by atoms with Crippen LogP contribution in [0.2, 0.25) is 0 Å². The van der Waals surface area contributed by atoms with Crippen molar-refractivity contribution in [2.75, 3.05) is 32.0 Å². The predicted molar refractivity (Wildman–Crippen MR) is 190 cm³/mol. The molecule has 0 aromatic heterocycles. The first-order valence-electron chi connectivity index (χ1n) is 16.9. The van der Waals surface area contributed by atoms with Crippen molar-refractivity contribution >= 4 is 60.5 Å². The number of alkyl carbamates (subject to hydrolysis) is 3. The SMILES string of the molecule is CC(=O)OCC1O[C@@H](Oc2ccc(COC(=O)NCC(CNC(=O)OC(C)(C)C)OC(=O)NCCS)cc2[N+](=O)[O-])C(OC(C)=O)C(OC(C)=O)[C@H]1OC(C)=O. The summed E-state index contributed by atoms with van der Waals surface area (Å²) in [6.07, 6.45) is -11.6. The minimum Gasteiger partial charge on any atom is -0.463 e. The molecule has 4 unspecified atom stereocenters. The van der Waals surface area contributed by atoms with E-state index in [2.05, 4.69) is 28.6 Å².